The molecule has 16 nitrogen and oxygen atoms in total. The molecule has 1 aromatic carbocycles. The number of pyridine rings is 2. The molecule has 3 aliphatic heterocycles. The molecule has 18 heteroatoms. The van der Waals surface area contributed by atoms with Crippen LogP contribution in [-0.2, 0) is 20.9 Å². The van der Waals surface area contributed by atoms with Crippen molar-refractivity contribution in [2.24, 2.45) is 0 Å². The number of carbonyl (C=O) groups excluding carboxylic acids is 2. The number of amides is 2. The van der Waals surface area contributed by atoms with Gasteiger partial charge in [0.25, 0.3) is 0 Å². The number of fused-ring (bicyclic) bond motifs is 6. The van der Waals surface area contributed by atoms with Gasteiger partial charge in [-0.05, 0) is 56.5 Å². The SMILES string of the molecule is COC1CN(C)C(=O)C2CC(CN2c2nc(N3CCC(=O)N(C4CC4)CC3)nc3c2cnn3-c2ccc(F)cc2F)Nc2cccc(n2)-c2nccc3nc(C)n(c23)C1. The number of ether oxygens (including phenoxy) is 1. The van der Waals surface area contributed by atoms with E-state index in [0.29, 0.717) is 73.5 Å². The number of benzene rings is 1. The molecule has 4 aliphatic rings. The number of rotatable bonds is 5. The summed E-state index contributed by atoms with van der Waals surface area (Å²) in [6, 6.07) is 10.2. The molecule has 2 saturated heterocycles. The number of aromatic nitrogens is 8. The highest BCUT2D eigenvalue weighted by molar-refractivity contribution is 5.94. The summed E-state index contributed by atoms with van der Waals surface area (Å²) in [5, 5.41) is 8.64. The van der Waals surface area contributed by atoms with Gasteiger partial charge < -0.3 is 34.2 Å². The van der Waals surface area contributed by atoms with Crippen molar-refractivity contribution in [3.63, 3.8) is 0 Å². The van der Waals surface area contributed by atoms with Crippen LogP contribution in [0.25, 0.3) is 39.1 Å². The Hall–Kier alpha value is -6.30. The fourth-order valence-electron chi connectivity index (χ4n) is 8.82. The third-order valence-corrected chi connectivity index (χ3v) is 12.0. The van der Waals surface area contributed by atoms with Gasteiger partial charge >= 0.3 is 0 Å². The van der Waals surface area contributed by atoms with E-state index in [4.69, 9.17) is 29.7 Å². The summed E-state index contributed by atoms with van der Waals surface area (Å²) in [7, 11) is 3.41. The Labute approximate surface area is 337 Å². The molecule has 59 heavy (non-hydrogen) atoms. The quantitative estimate of drug-likeness (QED) is 0.268. The number of halogens is 2. The van der Waals surface area contributed by atoms with E-state index in [9.17, 15) is 14.0 Å². The molecule has 1 saturated carbocycles. The van der Waals surface area contributed by atoms with Gasteiger partial charge in [-0.15, -0.1) is 0 Å². The molecule has 5 aromatic heterocycles. The van der Waals surface area contributed by atoms with Crippen LogP contribution in [0.15, 0.2) is 54.9 Å². The molecule has 8 heterocycles. The predicted octanol–water partition coefficient (Wildman–Crippen LogP) is 3.96. The van der Waals surface area contributed by atoms with Gasteiger partial charge in [-0.1, -0.05) is 6.07 Å². The second kappa shape index (κ2) is 14.5. The van der Waals surface area contributed by atoms with Crippen LogP contribution in [-0.4, -0.2) is 132 Å². The van der Waals surface area contributed by atoms with Gasteiger partial charge in [0.2, 0.25) is 17.8 Å². The molecule has 3 atom stereocenters. The third-order valence-electron chi connectivity index (χ3n) is 12.0. The first-order chi connectivity index (χ1) is 28.6. The normalized spacial score (nSPS) is 21.5. The molecule has 4 bridgehead atoms. The summed E-state index contributed by atoms with van der Waals surface area (Å²) in [6.07, 6.45) is 5.58. The lowest BCUT2D eigenvalue weighted by Crippen LogP contribution is -2.47. The minimum absolute atomic E-state index is 0.00995. The number of nitrogens with one attached hydrogen (secondary N) is 1. The van der Waals surface area contributed by atoms with E-state index in [1.165, 1.54) is 16.8 Å². The van der Waals surface area contributed by atoms with Crippen LogP contribution in [0.3, 0.4) is 0 Å². The fourth-order valence-corrected chi connectivity index (χ4v) is 8.82. The van der Waals surface area contributed by atoms with E-state index in [1.54, 1.807) is 31.5 Å². The Morgan fingerprint density at radius 3 is 2.61 bits per heavy atom. The molecule has 1 N–H and O–H groups in total. The molecule has 1 aliphatic carbocycles. The summed E-state index contributed by atoms with van der Waals surface area (Å²) in [5.74, 6) is 0.578. The average Bonchev–Trinajstić information content (AvgIpc) is 3.78. The smallest absolute Gasteiger partial charge is 0.245 e. The van der Waals surface area contributed by atoms with Crippen LogP contribution < -0.4 is 15.1 Å². The van der Waals surface area contributed by atoms with E-state index in [1.807, 2.05) is 45.9 Å². The zero-order valence-corrected chi connectivity index (χ0v) is 32.9. The van der Waals surface area contributed by atoms with Crippen molar-refractivity contribution in [3.05, 3.63) is 72.3 Å². The number of carbonyl (C=O) groups is 2. The van der Waals surface area contributed by atoms with Gasteiger partial charge in [0.15, 0.2) is 11.5 Å². The van der Waals surface area contributed by atoms with Crippen molar-refractivity contribution in [1.82, 2.24) is 49.1 Å². The number of hydrogen-bond donors (Lipinski definition) is 1. The first-order valence-corrected chi connectivity index (χ1v) is 20.0. The van der Waals surface area contributed by atoms with Gasteiger partial charge in [-0.2, -0.15) is 15.1 Å². The van der Waals surface area contributed by atoms with Gasteiger partial charge in [-0.25, -0.2) is 23.4 Å². The minimum Gasteiger partial charge on any atom is -0.378 e. The second-order valence-corrected chi connectivity index (χ2v) is 15.8. The molecule has 0 radical (unpaired) electrons. The Kier molecular flexibility index (Phi) is 9.10. The monoisotopic (exact) mass is 803 g/mol. The van der Waals surface area contributed by atoms with E-state index in [0.717, 1.165) is 35.8 Å². The van der Waals surface area contributed by atoms with Crippen molar-refractivity contribution >= 4 is 51.5 Å². The van der Waals surface area contributed by atoms with Crippen LogP contribution in [0, 0.1) is 18.6 Å². The Balaban J connectivity index is 1.09. The first-order valence-electron chi connectivity index (χ1n) is 20.0. The summed E-state index contributed by atoms with van der Waals surface area (Å²) in [4.78, 5) is 60.3. The zero-order chi connectivity index (χ0) is 40.5. The molecule has 3 fully saturated rings. The average molecular weight is 804 g/mol. The fraction of sp³-hybridized carbons (Fsp3) is 0.415. The first kappa shape index (κ1) is 37.0. The minimum atomic E-state index is -0.808. The number of anilines is 3. The van der Waals surface area contributed by atoms with Crippen molar-refractivity contribution in [2.45, 2.75) is 63.4 Å². The molecule has 6 aromatic rings. The lowest BCUT2D eigenvalue weighted by atomic mass is 10.1. The number of methoxy groups -OCH3 is 1. The topological polar surface area (TPSA) is 156 Å². The highest BCUT2D eigenvalue weighted by atomic mass is 19.1. The molecule has 3 unspecified atom stereocenters. The standard InChI is InChI=1S/C41H43F2N13O3/c1-23-46-31-11-13-44-36-30-5-4-6-34(48-30)47-25-18-33(40(58)51(2)21-27(59-3)22-54(23)37(31)36)55(20-25)38-28-19-45-56(32-10-7-24(42)17-29(32)43)39(28)50-41(49-38)52-14-12-35(57)53(16-15-52)26-8-9-26/h4-7,10-11,13,17,19,25-27,33H,8-9,12,14-16,18,20-22H2,1-3H3,(H,47,48). The van der Waals surface area contributed by atoms with E-state index < -0.39 is 23.8 Å². The van der Waals surface area contributed by atoms with Crippen molar-refractivity contribution in [1.29, 1.82) is 0 Å². The zero-order valence-electron chi connectivity index (χ0n) is 32.9. The maximum absolute atomic E-state index is 15.4. The Morgan fingerprint density at radius 1 is 0.932 bits per heavy atom. The Bertz CT molecular complexity index is 2630. The summed E-state index contributed by atoms with van der Waals surface area (Å²) in [6.45, 7) is 4.37. The number of hydrogen-bond acceptors (Lipinski definition) is 12. The van der Waals surface area contributed by atoms with E-state index in [-0.39, 0.29) is 48.2 Å². The number of aryl methyl sites for hydroxylation is 1. The number of imidazole rings is 1. The maximum Gasteiger partial charge on any atom is 0.245 e. The van der Waals surface area contributed by atoms with Crippen molar-refractivity contribution < 1.29 is 23.1 Å². The van der Waals surface area contributed by atoms with E-state index in [2.05, 4.69) is 15.0 Å². The molecule has 2 amide bonds. The van der Waals surface area contributed by atoms with Crippen LogP contribution in [0.5, 0.6) is 0 Å². The third kappa shape index (κ3) is 6.64. The van der Waals surface area contributed by atoms with Gasteiger partial charge in [0.1, 0.15) is 40.7 Å². The second-order valence-electron chi connectivity index (χ2n) is 15.8. The molecule has 0 spiro atoms. The lowest BCUT2D eigenvalue weighted by Gasteiger charge is -2.31. The van der Waals surface area contributed by atoms with Gasteiger partial charge in [-0.3, -0.25) is 14.6 Å². The van der Waals surface area contributed by atoms with Crippen molar-refractivity contribution in [3.8, 4) is 17.1 Å². The summed E-state index contributed by atoms with van der Waals surface area (Å²) >= 11 is 0. The lowest BCUT2D eigenvalue weighted by molar-refractivity contribution is -0.133. The summed E-state index contributed by atoms with van der Waals surface area (Å²) < 4.78 is 39.0. The van der Waals surface area contributed by atoms with Gasteiger partial charge in [0.05, 0.1) is 41.0 Å². The molecule has 304 valence electrons. The molecular weight excluding hydrogens is 761 g/mol. The largest absolute Gasteiger partial charge is 0.378 e. The van der Waals surface area contributed by atoms with Crippen LogP contribution in [0.4, 0.5) is 26.4 Å². The number of nitrogens with zero attached hydrogens (tertiary/aromatic N) is 12. The number of likely N-dealkylation sites (N-methyl/N-ethyl adjacent to an activating group) is 1. The Morgan fingerprint density at radius 2 is 1.80 bits per heavy atom. The van der Waals surface area contributed by atoms with Crippen LogP contribution in [0.2, 0.25) is 0 Å². The van der Waals surface area contributed by atoms with E-state index >= 15 is 4.39 Å². The maximum atomic E-state index is 15.4. The van der Waals surface area contributed by atoms with Crippen LogP contribution in [0.1, 0.15) is 31.5 Å². The molecular formula is C41H43F2N13O3. The van der Waals surface area contributed by atoms with Crippen LogP contribution >= 0.6 is 0 Å². The van der Waals surface area contributed by atoms with Crippen molar-refractivity contribution in [2.75, 3.05) is 62.0 Å². The van der Waals surface area contributed by atoms with Gasteiger partial charge in [0, 0.05) is 77.6 Å². The highest BCUT2D eigenvalue weighted by Gasteiger charge is 2.42. The summed E-state index contributed by atoms with van der Waals surface area (Å²) in [5.41, 5.74) is 3.28. The molecule has 10 rings (SSSR count). The predicted molar refractivity (Wildman–Crippen MR) is 215 cm³/mol. The highest BCUT2D eigenvalue weighted by Crippen LogP contribution is 2.36.